The first kappa shape index (κ1) is 27.1. The van der Waals surface area contributed by atoms with Crippen LogP contribution in [0.25, 0.3) is 0 Å². The second kappa shape index (κ2) is 10.3. The summed E-state index contributed by atoms with van der Waals surface area (Å²) in [6.07, 6.45) is -3.17. The molecule has 0 N–H and O–H groups in total. The summed E-state index contributed by atoms with van der Waals surface area (Å²) in [5, 5.41) is 8.81. The number of amides is 1. The first-order valence-electron chi connectivity index (χ1n) is 10.3. The van der Waals surface area contributed by atoms with E-state index in [1.54, 1.807) is 0 Å². The molecule has 194 valence electrons. The van der Waals surface area contributed by atoms with E-state index in [0.717, 1.165) is 30.5 Å². The van der Waals surface area contributed by atoms with Gasteiger partial charge in [0.25, 0.3) is 5.91 Å². The number of hydrogen-bond donors (Lipinski definition) is 0. The normalized spacial score (nSPS) is 14.6. The van der Waals surface area contributed by atoms with Gasteiger partial charge in [0, 0.05) is 32.4 Å². The molecule has 7 nitrogen and oxygen atoms in total. The molecular formula is C22H19F6N3O4S. The molecule has 0 aromatic heterocycles. The monoisotopic (exact) mass is 535 g/mol. The van der Waals surface area contributed by atoms with Crippen molar-refractivity contribution in [1.29, 1.82) is 5.26 Å². The van der Waals surface area contributed by atoms with Crippen molar-refractivity contribution in [2.24, 2.45) is 0 Å². The van der Waals surface area contributed by atoms with Crippen molar-refractivity contribution in [2.45, 2.75) is 17.2 Å². The molecule has 1 aliphatic rings. The van der Waals surface area contributed by atoms with Gasteiger partial charge in [-0.15, -0.1) is 0 Å². The summed E-state index contributed by atoms with van der Waals surface area (Å²) in [6.45, 7) is -1.84. The Bertz CT molecular complexity index is 1310. The fraction of sp³-hybridized carbons (Fsp3) is 0.364. The zero-order chi connectivity index (χ0) is 26.8. The zero-order valence-corrected chi connectivity index (χ0v) is 19.5. The van der Waals surface area contributed by atoms with E-state index >= 15 is 0 Å². The largest absolute Gasteiger partial charge is 0.486 e. The molecule has 1 aliphatic heterocycles. The van der Waals surface area contributed by atoms with Gasteiger partial charge in [0.1, 0.15) is 11.8 Å². The number of anilines is 1. The highest BCUT2D eigenvalue weighted by atomic mass is 32.2. The van der Waals surface area contributed by atoms with Crippen LogP contribution in [0.4, 0.5) is 32.0 Å². The standard InChI is InChI=1S/C22H19F6N3O4S/c1-36(33,34)14-3-5-17(35-12-22(27,28)21(25)26)15(10-14)20(32)31-8-6-30(7-9-31)16-4-2-13(11-29)18(23)19(16)24/h2-5,10,21H,6-9,12H2,1H3. The average Bonchev–Trinajstić information content (AvgIpc) is 2.83. The number of rotatable bonds is 7. The van der Waals surface area contributed by atoms with Crippen molar-refractivity contribution in [3.63, 3.8) is 0 Å². The van der Waals surface area contributed by atoms with Gasteiger partial charge in [-0.3, -0.25) is 4.79 Å². The Labute approximate surface area is 202 Å². The quantitative estimate of drug-likeness (QED) is 0.505. The van der Waals surface area contributed by atoms with E-state index in [2.05, 4.69) is 0 Å². The fourth-order valence-electron chi connectivity index (χ4n) is 3.46. The minimum absolute atomic E-state index is 0.0133. The maximum absolute atomic E-state index is 14.4. The fourth-order valence-corrected chi connectivity index (χ4v) is 4.11. The molecule has 1 fully saturated rings. The first-order valence-corrected chi connectivity index (χ1v) is 12.2. The topological polar surface area (TPSA) is 90.7 Å². The van der Waals surface area contributed by atoms with Gasteiger partial charge in [-0.05, 0) is 30.3 Å². The molecular weight excluding hydrogens is 516 g/mol. The smallest absolute Gasteiger partial charge is 0.340 e. The highest BCUT2D eigenvalue weighted by Gasteiger charge is 2.42. The van der Waals surface area contributed by atoms with Crippen molar-refractivity contribution in [3.05, 3.63) is 53.1 Å². The predicted octanol–water partition coefficient (Wildman–Crippen LogP) is 3.48. The molecule has 3 rings (SSSR count). The van der Waals surface area contributed by atoms with Crippen molar-refractivity contribution >= 4 is 21.4 Å². The molecule has 36 heavy (non-hydrogen) atoms. The van der Waals surface area contributed by atoms with Gasteiger partial charge >= 0.3 is 12.3 Å². The van der Waals surface area contributed by atoms with Gasteiger partial charge in [-0.25, -0.2) is 26.0 Å². The number of nitriles is 1. The van der Waals surface area contributed by atoms with Crippen LogP contribution in [0, 0.1) is 23.0 Å². The second-order valence-corrected chi connectivity index (χ2v) is 9.95. The number of nitrogens with zero attached hydrogens (tertiary/aromatic N) is 3. The molecule has 1 amide bonds. The van der Waals surface area contributed by atoms with Crippen LogP contribution in [0.2, 0.25) is 0 Å². The molecule has 1 saturated heterocycles. The third-order valence-electron chi connectivity index (χ3n) is 5.44. The van der Waals surface area contributed by atoms with E-state index in [1.807, 2.05) is 0 Å². The van der Waals surface area contributed by atoms with E-state index in [0.29, 0.717) is 0 Å². The van der Waals surface area contributed by atoms with Crippen LogP contribution >= 0.6 is 0 Å². The average molecular weight is 535 g/mol. The SMILES string of the molecule is CS(=O)(=O)c1ccc(OCC(F)(F)C(F)F)c(C(=O)N2CCN(c3ccc(C#N)c(F)c3F)CC2)c1. The molecule has 0 atom stereocenters. The molecule has 0 aliphatic carbocycles. The molecule has 0 radical (unpaired) electrons. The third-order valence-corrected chi connectivity index (χ3v) is 6.55. The van der Waals surface area contributed by atoms with E-state index in [9.17, 15) is 39.6 Å². The Morgan fingerprint density at radius 3 is 2.31 bits per heavy atom. The first-order chi connectivity index (χ1) is 16.8. The maximum atomic E-state index is 14.4. The van der Waals surface area contributed by atoms with Crippen LogP contribution in [0.15, 0.2) is 35.2 Å². The lowest BCUT2D eigenvalue weighted by Crippen LogP contribution is -2.49. The molecule has 0 spiro atoms. The Kier molecular flexibility index (Phi) is 7.73. The van der Waals surface area contributed by atoms with Gasteiger partial charge in [0.2, 0.25) is 0 Å². The number of carbonyl (C=O) groups excluding carboxylic acids is 1. The van der Waals surface area contributed by atoms with Crippen molar-refractivity contribution in [3.8, 4) is 11.8 Å². The minimum atomic E-state index is -4.51. The lowest BCUT2D eigenvalue weighted by Gasteiger charge is -2.36. The molecule has 0 unspecified atom stereocenters. The number of piperazine rings is 1. The number of hydrogen-bond acceptors (Lipinski definition) is 6. The number of benzene rings is 2. The van der Waals surface area contributed by atoms with Crippen molar-refractivity contribution < 1.29 is 44.3 Å². The van der Waals surface area contributed by atoms with Crippen LogP contribution in [0.5, 0.6) is 5.75 Å². The summed E-state index contributed by atoms with van der Waals surface area (Å²) in [5.41, 5.74) is -1.04. The lowest BCUT2D eigenvalue weighted by atomic mass is 10.1. The number of sulfone groups is 1. The van der Waals surface area contributed by atoms with E-state index in [4.69, 9.17) is 10.00 Å². The maximum Gasteiger partial charge on any atom is 0.340 e. The molecule has 14 heteroatoms. The molecule has 2 aromatic carbocycles. The van der Waals surface area contributed by atoms with Crippen LogP contribution in [-0.2, 0) is 9.84 Å². The predicted molar refractivity (Wildman–Crippen MR) is 115 cm³/mol. The second-order valence-electron chi connectivity index (χ2n) is 7.93. The van der Waals surface area contributed by atoms with Gasteiger partial charge in [0.05, 0.1) is 21.7 Å². The summed E-state index contributed by atoms with van der Waals surface area (Å²) in [7, 11) is -3.83. The van der Waals surface area contributed by atoms with Crippen LogP contribution in [-0.4, -0.2) is 70.6 Å². The summed E-state index contributed by atoms with van der Waals surface area (Å²) >= 11 is 0. The van der Waals surface area contributed by atoms with Crippen molar-refractivity contribution in [2.75, 3.05) is 43.9 Å². The Balaban J connectivity index is 1.83. The molecule has 1 heterocycles. The van der Waals surface area contributed by atoms with E-state index in [-0.39, 0.29) is 36.8 Å². The number of ether oxygens (including phenoxy) is 1. The third kappa shape index (κ3) is 5.67. The minimum Gasteiger partial charge on any atom is -0.486 e. The van der Waals surface area contributed by atoms with E-state index < -0.39 is 63.2 Å². The zero-order valence-electron chi connectivity index (χ0n) is 18.7. The van der Waals surface area contributed by atoms with Gasteiger partial charge in [-0.1, -0.05) is 0 Å². The van der Waals surface area contributed by atoms with Gasteiger partial charge in [0.15, 0.2) is 28.1 Å². The van der Waals surface area contributed by atoms with Gasteiger partial charge < -0.3 is 14.5 Å². The Hall–Kier alpha value is -3.47. The van der Waals surface area contributed by atoms with Crippen LogP contribution in [0.3, 0.4) is 0 Å². The molecule has 2 aromatic rings. The molecule has 0 bridgehead atoms. The van der Waals surface area contributed by atoms with Crippen LogP contribution in [0.1, 0.15) is 15.9 Å². The number of alkyl halides is 4. The number of halogens is 6. The van der Waals surface area contributed by atoms with Crippen molar-refractivity contribution in [1.82, 2.24) is 4.90 Å². The summed E-state index contributed by atoms with van der Waals surface area (Å²) in [4.78, 5) is 15.4. The summed E-state index contributed by atoms with van der Waals surface area (Å²) < 4.78 is 109. The summed E-state index contributed by atoms with van der Waals surface area (Å²) in [6, 6.07) is 6.67. The van der Waals surface area contributed by atoms with Gasteiger partial charge in [-0.2, -0.15) is 14.0 Å². The number of carbonyl (C=O) groups is 1. The Morgan fingerprint density at radius 1 is 1.11 bits per heavy atom. The lowest BCUT2D eigenvalue weighted by molar-refractivity contribution is -0.148. The highest BCUT2D eigenvalue weighted by molar-refractivity contribution is 7.90. The molecule has 0 saturated carbocycles. The van der Waals surface area contributed by atoms with E-state index in [1.165, 1.54) is 21.9 Å². The van der Waals surface area contributed by atoms with Crippen LogP contribution < -0.4 is 9.64 Å². The Morgan fingerprint density at radius 2 is 1.75 bits per heavy atom. The highest BCUT2D eigenvalue weighted by Crippen LogP contribution is 2.30. The summed E-state index contributed by atoms with van der Waals surface area (Å²) in [5.74, 6) is -8.40.